The lowest BCUT2D eigenvalue weighted by Gasteiger charge is -2.33. The number of anilines is 1. The number of aryl methyl sites for hydroxylation is 3. The van der Waals surface area contributed by atoms with Crippen LogP contribution in [0.1, 0.15) is 35.2 Å². The van der Waals surface area contributed by atoms with Crippen LogP contribution in [-0.2, 0) is 0 Å². The maximum Gasteiger partial charge on any atom is 0.0664 e. The minimum atomic E-state index is 0.218. The van der Waals surface area contributed by atoms with Crippen molar-refractivity contribution in [3.8, 4) is 0 Å². The van der Waals surface area contributed by atoms with Crippen molar-refractivity contribution in [1.82, 2.24) is 0 Å². The van der Waals surface area contributed by atoms with Crippen molar-refractivity contribution in [2.24, 2.45) is 5.73 Å². The van der Waals surface area contributed by atoms with Crippen LogP contribution in [0.4, 0.5) is 5.69 Å². The highest BCUT2D eigenvalue weighted by molar-refractivity contribution is 5.51. The van der Waals surface area contributed by atoms with E-state index in [-0.39, 0.29) is 6.04 Å². The Morgan fingerprint density at radius 1 is 0.952 bits per heavy atom. The molecule has 0 aliphatic rings. The first-order valence-electron chi connectivity index (χ1n) is 7.66. The SMILES string of the molecule is CCN(c1cccc(C)c1)C(CN)c1cc(C)cc(C)c1. The smallest absolute Gasteiger partial charge is 0.0664 e. The third-order valence-corrected chi connectivity index (χ3v) is 3.90. The summed E-state index contributed by atoms with van der Waals surface area (Å²) in [7, 11) is 0. The highest BCUT2D eigenvalue weighted by Gasteiger charge is 2.18. The molecular weight excluding hydrogens is 256 g/mol. The zero-order chi connectivity index (χ0) is 15.4. The van der Waals surface area contributed by atoms with E-state index in [9.17, 15) is 0 Å². The standard InChI is InChI=1S/C19H26N2/c1-5-21(18-8-6-7-14(2)12-18)19(13-20)17-10-15(3)9-16(4)11-17/h6-12,19H,5,13,20H2,1-4H3. The van der Waals surface area contributed by atoms with Gasteiger partial charge in [-0.05, 0) is 51.0 Å². The van der Waals surface area contributed by atoms with Gasteiger partial charge in [0.25, 0.3) is 0 Å². The molecule has 2 rings (SSSR count). The number of benzene rings is 2. The molecule has 1 atom stereocenters. The molecule has 0 aromatic heterocycles. The van der Waals surface area contributed by atoms with Gasteiger partial charge in [-0.3, -0.25) is 0 Å². The summed E-state index contributed by atoms with van der Waals surface area (Å²) in [6.07, 6.45) is 0. The van der Waals surface area contributed by atoms with E-state index in [4.69, 9.17) is 5.73 Å². The van der Waals surface area contributed by atoms with Crippen LogP contribution in [0.2, 0.25) is 0 Å². The average Bonchev–Trinajstić information content (AvgIpc) is 2.43. The number of nitrogens with zero attached hydrogens (tertiary/aromatic N) is 1. The second-order valence-electron chi connectivity index (χ2n) is 5.80. The Labute approximate surface area is 128 Å². The summed E-state index contributed by atoms with van der Waals surface area (Å²) in [5, 5.41) is 0. The number of nitrogens with two attached hydrogens (primary N) is 1. The van der Waals surface area contributed by atoms with Gasteiger partial charge in [0, 0.05) is 18.8 Å². The van der Waals surface area contributed by atoms with E-state index in [1.165, 1.54) is 27.9 Å². The molecule has 21 heavy (non-hydrogen) atoms. The quantitative estimate of drug-likeness (QED) is 0.893. The lowest BCUT2D eigenvalue weighted by atomic mass is 9.99. The van der Waals surface area contributed by atoms with Crippen molar-refractivity contribution < 1.29 is 0 Å². The second-order valence-corrected chi connectivity index (χ2v) is 5.80. The van der Waals surface area contributed by atoms with Gasteiger partial charge >= 0.3 is 0 Å². The van der Waals surface area contributed by atoms with Crippen LogP contribution < -0.4 is 10.6 Å². The van der Waals surface area contributed by atoms with Crippen LogP contribution in [0.5, 0.6) is 0 Å². The van der Waals surface area contributed by atoms with Crippen LogP contribution in [0.25, 0.3) is 0 Å². The Hall–Kier alpha value is -1.80. The maximum atomic E-state index is 6.12. The molecule has 0 bridgehead atoms. The van der Waals surface area contributed by atoms with Crippen molar-refractivity contribution in [1.29, 1.82) is 0 Å². The van der Waals surface area contributed by atoms with Gasteiger partial charge in [-0.15, -0.1) is 0 Å². The normalized spacial score (nSPS) is 12.2. The highest BCUT2D eigenvalue weighted by Crippen LogP contribution is 2.28. The van der Waals surface area contributed by atoms with Crippen LogP contribution >= 0.6 is 0 Å². The summed E-state index contributed by atoms with van der Waals surface area (Å²) in [6.45, 7) is 10.2. The molecule has 2 heteroatoms. The summed E-state index contributed by atoms with van der Waals surface area (Å²) in [5.41, 5.74) is 12.5. The van der Waals surface area contributed by atoms with E-state index in [1.807, 2.05) is 0 Å². The lowest BCUT2D eigenvalue weighted by Crippen LogP contribution is -2.33. The summed E-state index contributed by atoms with van der Waals surface area (Å²) < 4.78 is 0. The number of rotatable bonds is 5. The third-order valence-electron chi connectivity index (χ3n) is 3.90. The summed E-state index contributed by atoms with van der Waals surface area (Å²) in [6, 6.07) is 15.6. The van der Waals surface area contributed by atoms with Gasteiger partial charge in [-0.25, -0.2) is 0 Å². The Kier molecular flexibility index (Phi) is 5.03. The molecule has 0 radical (unpaired) electrons. The average molecular weight is 282 g/mol. The third kappa shape index (κ3) is 3.64. The van der Waals surface area contributed by atoms with Crippen LogP contribution in [0.3, 0.4) is 0 Å². The van der Waals surface area contributed by atoms with Gasteiger partial charge in [0.05, 0.1) is 6.04 Å². The molecule has 0 amide bonds. The number of hydrogen-bond donors (Lipinski definition) is 1. The topological polar surface area (TPSA) is 29.3 Å². The second kappa shape index (κ2) is 6.77. The molecule has 0 aliphatic heterocycles. The zero-order valence-corrected chi connectivity index (χ0v) is 13.6. The first kappa shape index (κ1) is 15.6. The molecule has 112 valence electrons. The monoisotopic (exact) mass is 282 g/mol. The molecule has 0 fully saturated rings. The van der Waals surface area contributed by atoms with Crippen molar-refractivity contribution in [2.45, 2.75) is 33.7 Å². The molecule has 0 spiro atoms. The molecule has 0 heterocycles. The first-order chi connectivity index (χ1) is 10.0. The van der Waals surface area contributed by atoms with E-state index >= 15 is 0 Å². The molecule has 0 aliphatic carbocycles. The van der Waals surface area contributed by atoms with E-state index in [0.29, 0.717) is 6.54 Å². The van der Waals surface area contributed by atoms with Crippen molar-refractivity contribution >= 4 is 5.69 Å². The van der Waals surface area contributed by atoms with Gasteiger partial charge in [0.1, 0.15) is 0 Å². The largest absolute Gasteiger partial charge is 0.363 e. The molecular formula is C19H26N2. The van der Waals surface area contributed by atoms with Gasteiger partial charge in [0.2, 0.25) is 0 Å². The minimum absolute atomic E-state index is 0.218. The Morgan fingerprint density at radius 2 is 1.62 bits per heavy atom. The molecule has 2 N–H and O–H groups in total. The fourth-order valence-corrected chi connectivity index (χ4v) is 3.04. The van der Waals surface area contributed by atoms with Gasteiger partial charge in [0.15, 0.2) is 0 Å². The van der Waals surface area contributed by atoms with Crippen LogP contribution in [0, 0.1) is 20.8 Å². The molecule has 1 unspecified atom stereocenters. The maximum absolute atomic E-state index is 6.12. The van der Waals surface area contributed by atoms with E-state index in [1.54, 1.807) is 0 Å². The molecule has 0 saturated heterocycles. The fraction of sp³-hybridized carbons (Fsp3) is 0.368. The van der Waals surface area contributed by atoms with Gasteiger partial charge in [-0.2, -0.15) is 0 Å². The first-order valence-corrected chi connectivity index (χ1v) is 7.66. The van der Waals surface area contributed by atoms with E-state index in [2.05, 4.69) is 75.1 Å². The Bertz CT molecular complexity index is 584. The predicted octanol–water partition coefficient (Wildman–Crippen LogP) is 4.14. The number of hydrogen-bond acceptors (Lipinski definition) is 2. The highest BCUT2D eigenvalue weighted by atomic mass is 15.2. The van der Waals surface area contributed by atoms with Gasteiger partial charge < -0.3 is 10.6 Å². The van der Waals surface area contributed by atoms with E-state index in [0.717, 1.165) is 6.54 Å². The van der Waals surface area contributed by atoms with Crippen molar-refractivity contribution in [2.75, 3.05) is 18.0 Å². The fourth-order valence-electron chi connectivity index (χ4n) is 3.04. The zero-order valence-electron chi connectivity index (χ0n) is 13.6. The summed E-state index contributed by atoms with van der Waals surface area (Å²) in [5.74, 6) is 0. The number of likely N-dealkylation sites (N-methyl/N-ethyl adjacent to an activating group) is 1. The minimum Gasteiger partial charge on any atom is -0.363 e. The van der Waals surface area contributed by atoms with Crippen molar-refractivity contribution in [3.63, 3.8) is 0 Å². The summed E-state index contributed by atoms with van der Waals surface area (Å²) in [4.78, 5) is 2.39. The van der Waals surface area contributed by atoms with Gasteiger partial charge in [-0.1, -0.05) is 41.5 Å². The lowest BCUT2D eigenvalue weighted by molar-refractivity contribution is 0.642. The van der Waals surface area contributed by atoms with E-state index < -0.39 is 0 Å². The van der Waals surface area contributed by atoms with Crippen molar-refractivity contribution in [3.05, 3.63) is 64.7 Å². The molecule has 2 aromatic carbocycles. The van der Waals surface area contributed by atoms with Crippen LogP contribution in [-0.4, -0.2) is 13.1 Å². The predicted molar refractivity (Wildman–Crippen MR) is 91.9 cm³/mol. The Balaban J connectivity index is 2.42. The molecule has 2 aromatic rings. The molecule has 0 saturated carbocycles. The Morgan fingerprint density at radius 3 is 2.14 bits per heavy atom. The summed E-state index contributed by atoms with van der Waals surface area (Å²) >= 11 is 0. The van der Waals surface area contributed by atoms with Crippen LogP contribution in [0.15, 0.2) is 42.5 Å². The molecule has 2 nitrogen and oxygen atoms in total.